The lowest BCUT2D eigenvalue weighted by Gasteiger charge is -2.05. The zero-order valence-corrected chi connectivity index (χ0v) is 14.7. The molecule has 0 aliphatic heterocycles. The van der Waals surface area contributed by atoms with Gasteiger partial charge in [-0.1, -0.05) is 60.7 Å². The summed E-state index contributed by atoms with van der Waals surface area (Å²) in [7, 11) is 0. The predicted octanol–water partition coefficient (Wildman–Crippen LogP) is 5.13. The maximum absolute atomic E-state index is 12.7. The van der Waals surface area contributed by atoms with E-state index in [1.807, 2.05) is 53.9 Å². The van der Waals surface area contributed by atoms with Crippen LogP contribution in [0.15, 0.2) is 79.0 Å². The third-order valence-corrected chi connectivity index (χ3v) is 4.67. The minimum atomic E-state index is 0.133. The normalized spacial score (nSPS) is 11.0. The van der Waals surface area contributed by atoms with E-state index in [0.29, 0.717) is 12.1 Å². The molecule has 0 aliphatic carbocycles. The third-order valence-electron chi connectivity index (χ3n) is 4.67. The molecule has 0 saturated carbocycles. The van der Waals surface area contributed by atoms with Crippen LogP contribution in [0.25, 0.3) is 16.8 Å². The molecule has 3 nitrogen and oxygen atoms in total. The summed E-state index contributed by atoms with van der Waals surface area (Å²) in [5.74, 6) is 0.133. The second-order valence-electron chi connectivity index (χ2n) is 6.46. The summed E-state index contributed by atoms with van der Waals surface area (Å²) >= 11 is 0. The smallest absolute Gasteiger partial charge is 0.181 e. The molecular formula is C23H20N2O. The molecule has 4 rings (SSSR count). The van der Waals surface area contributed by atoms with E-state index < -0.39 is 0 Å². The first-order valence-corrected chi connectivity index (χ1v) is 8.83. The third kappa shape index (κ3) is 3.16. The molecule has 2 heterocycles. The van der Waals surface area contributed by atoms with E-state index in [4.69, 9.17) is 0 Å². The van der Waals surface area contributed by atoms with Crippen molar-refractivity contribution in [3.8, 4) is 11.1 Å². The van der Waals surface area contributed by atoms with Crippen molar-refractivity contribution >= 4 is 11.4 Å². The standard InChI is InChI=1S/C23H20N2O/c1-17-23(25-16-6-5-9-22(25)24-17)21(26)15-12-18-10-13-20(14-11-18)19-7-3-2-4-8-19/h2-11,13-14,16H,12,15H2,1H3. The quantitative estimate of drug-likeness (QED) is 0.472. The van der Waals surface area contributed by atoms with Crippen molar-refractivity contribution in [3.05, 3.63) is 95.9 Å². The van der Waals surface area contributed by atoms with Gasteiger partial charge in [0.1, 0.15) is 11.3 Å². The molecule has 26 heavy (non-hydrogen) atoms. The van der Waals surface area contributed by atoms with E-state index in [0.717, 1.165) is 17.8 Å². The Hall–Kier alpha value is -3.20. The highest BCUT2D eigenvalue weighted by atomic mass is 16.1. The molecule has 0 N–H and O–H groups in total. The Balaban J connectivity index is 1.48. The second-order valence-corrected chi connectivity index (χ2v) is 6.46. The summed E-state index contributed by atoms with van der Waals surface area (Å²) < 4.78 is 1.89. The molecule has 3 heteroatoms. The summed E-state index contributed by atoms with van der Waals surface area (Å²) in [6.45, 7) is 1.90. The fourth-order valence-electron chi connectivity index (χ4n) is 3.32. The summed E-state index contributed by atoms with van der Waals surface area (Å²) in [6, 6.07) is 24.5. The van der Waals surface area contributed by atoms with Gasteiger partial charge < -0.3 is 0 Å². The lowest BCUT2D eigenvalue weighted by molar-refractivity contribution is 0.0976. The average molecular weight is 340 g/mol. The van der Waals surface area contributed by atoms with Gasteiger partial charge in [0.05, 0.1) is 5.69 Å². The van der Waals surface area contributed by atoms with Crippen LogP contribution in [-0.2, 0) is 6.42 Å². The van der Waals surface area contributed by atoms with Gasteiger partial charge in [-0.2, -0.15) is 0 Å². The lowest BCUT2D eigenvalue weighted by Crippen LogP contribution is -2.06. The molecule has 128 valence electrons. The summed E-state index contributed by atoms with van der Waals surface area (Å²) in [5.41, 5.74) is 5.88. The average Bonchev–Trinajstić information content (AvgIpc) is 3.03. The summed E-state index contributed by atoms with van der Waals surface area (Å²) in [5, 5.41) is 0. The number of Topliss-reactive ketones (excluding diaryl/α,β-unsaturated/α-hetero) is 1. The number of ketones is 1. The topological polar surface area (TPSA) is 34.4 Å². The largest absolute Gasteiger partial charge is 0.297 e. The summed E-state index contributed by atoms with van der Waals surface area (Å²) in [4.78, 5) is 17.2. The van der Waals surface area contributed by atoms with Crippen molar-refractivity contribution in [2.75, 3.05) is 0 Å². The Morgan fingerprint density at radius 1 is 0.885 bits per heavy atom. The molecule has 0 unspecified atom stereocenters. The Bertz CT molecular complexity index is 1050. The fraction of sp³-hybridized carbons (Fsp3) is 0.130. The van der Waals surface area contributed by atoms with Crippen molar-refractivity contribution < 1.29 is 4.79 Å². The van der Waals surface area contributed by atoms with Gasteiger partial charge in [0, 0.05) is 12.6 Å². The molecule has 0 saturated heterocycles. The second kappa shape index (κ2) is 6.96. The monoisotopic (exact) mass is 340 g/mol. The fourth-order valence-corrected chi connectivity index (χ4v) is 3.32. The first kappa shape index (κ1) is 16.3. The SMILES string of the molecule is Cc1nc2ccccn2c1C(=O)CCc1ccc(-c2ccccc2)cc1. The number of hydrogen-bond acceptors (Lipinski definition) is 2. The van der Waals surface area contributed by atoms with Crippen molar-refractivity contribution in [3.63, 3.8) is 0 Å². The first-order chi connectivity index (χ1) is 12.7. The van der Waals surface area contributed by atoms with E-state index in [2.05, 4.69) is 41.4 Å². The molecule has 2 aromatic heterocycles. The molecule has 0 aliphatic rings. The van der Waals surface area contributed by atoms with E-state index in [9.17, 15) is 4.79 Å². The number of carbonyl (C=O) groups excluding carboxylic acids is 1. The van der Waals surface area contributed by atoms with Gasteiger partial charge in [0.15, 0.2) is 5.78 Å². The molecular weight excluding hydrogens is 320 g/mol. The minimum absolute atomic E-state index is 0.133. The van der Waals surface area contributed by atoms with Gasteiger partial charge in [-0.25, -0.2) is 4.98 Å². The number of imidazole rings is 1. The van der Waals surface area contributed by atoms with Crippen LogP contribution in [0.1, 0.15) is 28.2 Å². The number of aromatic nitrogens is 2. The van der Waals surface area contributed by atoms with Crippen LogP contribution in [0.2, 0.25) is 0 Å². The zero-order chi connectivity index (χ0) is 17.9. The Labute approximate surface area is 153 Å². The molecule has 0 fully saturated rings. The number of rotatable bonds is 5. The number of pyridine rings is 1. The Morgan fingerprint density at radius 3 is 2.35 bits per heavy atom. The van der Waals surface area contributed by atoms with Crippen molar-refractivity contribution in [2.45, 2.75) is 19.8 Å². The lowest BCUT2D eigenvalue weighted by atomic mass is 10.0. The van der Waals surface area contributed by atoms with Crippen LogP contribution in [0.4, 0.5) is 0 Å². The predicted molar refractivity (Wildman–Crippen MR) is 104 cm³/mol. The maximum Gasteiger partial charge on any atom is 0.181 e. The van der Waals surface area contributed by atoms with Crippen LogP contribution in [-0.4, -0.2) is 15.2 Å². The molecule has 0 amide bonds. The van der Waals surface area contributed by atoms with E-state index in [-0.39, 0.29) is 5.78 Å². The van der Waals surface area contributed by atoms with Gasteiger partial charge in [0.25, 0.3) is 0 Å². The molecule has 0 spiro atoms. The van der Waals surface area contributed by atoms with E-state index in [1.165, 1.54) is 16.7 Å². The maximum atomic E-state index is 12.7. The Kier molecular flexibility index (Phi) is 4.36. The number of hydrogen-bond donors (Lipinski definition) is 0. The van der Waals surface area contributed by atoms with Crippen molar-refractivity contribution in [2.24, 2.45) is 0 Å². The number of aryl methyl sites for hydroxylation is 2. The molecule has 0 atom stereocenters. The van der Waals surface area contributed by atoms with Gasteiger partial charge in [-0.3, -0.25) is 9.20 Å². The minimum Gasteiger partial charge on any atom is -0.297 e. The van der Waals surface area contributed by atoms with Crippen LogP contribution >= 0.6 is 0 Å². The van der Waals surface area contributed by atoms with Crippen LogP contribution in [0, 0.1) is 6.92 Å². The molecule has 2 aromatic carbocycles. The van der Waals surface area contributed by atoms with E-state index >= 15 is 0 Å². The van der Waals surface area contributed by atoms with Crippen LogP contribution in [0.3, 0.4) is 0 Å². The summed E-state index contributed by atoms with van der Waals surface area (Å²) in [6.07, 6.45) is 3.11. The highest BCUT2D eigenvalue weighted by Gasteiger charge is 2.16. The number of carbonyl (C=O) groups is 1. The number of benzene rings is 2. The molecule has 0 bridgehead atoms. The Morgan fingerprint density at radius 2 is 1.58 bits per heavy atom. The van der Waals surface area contributed by atoms with Crippen LogP contribution < -0.4 is 0 Å². The van der Waals surface area contributed by atoms with Crippen molar-refractivity contribution in [1.29, 1.82) is 0 Å². The number of nitrogens with zero attached hydrogens (tertiary/aromatic N) is 2. The highest BCUT2D eigenvalue weighted by molar-refractivity contribution is 5.96. The van der Waals surface area contributed by atoms with Gasteiger partial charge in [0.2, 0.25) is 0 Å². The van der Waals surface area contributed by atoms with Gasteiger partial charge in [-0.15, -0.1) is 0 Å². The highest BCUT2D eigenvalue weighted by Crippen LogP contribution is 2.20. The number of fused-ring (bicyclic) bond motifs is 1. The zero-order valence-electron chi connectivity index (χ0n) is 14.7. The molecule has 4 aromatic rings. The van der Waals surface area contributed by atoms with Crippen molar-refractivity contribution in [1.82, 2.24) is 9.38 Å². The molecule has 0 radical (unpaired) electrons. The van der Waals surface area contributed by atoms with Crippen LogP contribution in [0.5, 0.6) is 0 Å². The first-order valence-electron chi connectivity index (χ1n) is 8.83. The van der Waals surface area contributed by atoms with Gasteiger partial charge in [-0.05, 0) is 42.2 Å². The van der Waals surface area contributed by atoms with Gasteiger partial charge >= 0.3 is 0 Å². The van der Waals surface area contributed by atoms with E-state index in [1.54, 1.807) is 0 Å².